The van der Waals surface area contributed by atoms with Crippen molar-refractivity contribution in [2.24, 2.45) is 0 Å². The highest BCUT2D eigenvalue weighted by atomic mass is 32.2. The number of thiocarbonyl (C=S) groups is 1. The lowest BCUT2D eigenvalue weighted by Crippen LogP contribution is -2.17. The van der Waals surface area contributed by atoms with E-state index in [2.05, 4.69) is 5.32 Å². The van der Waals surface area contributed by atoms with Gasteiger partial charge in [-0.05, 0) is 18.2 Å². The number of benzene rings is 2. The van der Waals surface area contributed by atoms with E-state index in [0.717, 1.165) is 11.8 Å². The van der Waals surface area contributed by atoms with E-state index in [1.165, 1.54) is 30.3 Å². The summed E-state index contributed by atoms with van der Waals surface area (Å²) in [7, 11) is 0. The van der Waals surface area contributed by atoms with Gasteiger partial charge in [-0.25, -0.2) is 4.39 Å². The Bertz CT molecular complexity index is 946. The molecule has 26 heavy (non-hydrogen) atoms. The van der Waals surface area contributed by atoms with Crippen LogP contribution in [0, 0.1) is 15.9 Å². The first-order valence-corrected chi connectivity index (χ1v) is 8.56. The molecule has 0 bridgehead atoms. The molecule has 6 nitrogen and oxygen atoms in total. The monoisotopic (exact) mass is 390 g/mol. The fraction of sp³-hybridized carbons (Fsp3) is 0.0588. The average molecular weight is 390 g/mol. The van der Waals surface area contributed by atoms with Crippen LogP contribution in [-0.2, 0) is 11.4 Å². The van der Waals surface area contributed by atoms with Gasteiger partial charge in [0.2, 0.25) is 0 Å². The summed E-state index contributed by atoms with van der Waals surface area (Å²) in [6, 6.07) is 10.1. The molecule has 3 rings (SSSR count). The van der Waals surface area contributed by atoms with Crippen LogP contribution in [0.15, 0.2) is 47.4 Å². The highest BCUT2D eigenvalue weighted by molar-refractivity contribution is 8.26. The zero-order chi connectivity index (χ0) is 18.7. The predicted octanol–water partition coefficient (Wildman–Crippen LogP) is 3.80. The number of amides is 1. The molecule has 2 aromatic carbocycles. The largest absolute Gasteiger partial charge is 0.488 e. The first kappa shape index (κ1) is 18.0. The number of ether oxygens (including phenoxy) is 1. The first-order chi connectivity index (χ1) is 12.4. The fourth-order valence-corrected chi connectivity index (χ4v) is 3.26. The molecule has 9 heteroatoms. The number of carbonyl (C=O) groups is 1. The van der Waals surface area contributed by atoms with Gasteiger partial charge in [0.15, 0.2) is 0 Å². The summed E-state index contributed by atoms with van der Waals surface area (Å²) in [6.07, 6.45) is 1.46. The summed E-state index contributed by atoms with van der Waals surface area (Å²) in [5, 5.41) is 13.5. The first-order valence-electron chi connectivity index (χ1n) is 7.33. The van der Waals surface area contributed by atoms with E-state index < -0.39 is 10.7 Å². The predicted molar refractivity (Wildman–Crippen MR) is 100 cm³/mol. The van der Waals surface area contributed by atoms with E-state index >= 15 is 0 Å². The Balaban J connectivity index is 1.93. The van der Waals surface area contributed by atoms with Crippen LogP contribution in [0.4, 0.5) is 10.1 Å². The van der Waals surface area contributed by atoms with E-state index in [1.807, 2.05) is 0 Å². The van der Waals surface area contributed by atoms with E-state index in [4.69, 9.17) is 17.0 Å². The molecule has 1 amide bonds. The molecule has 1 N–H and O–H groups in total. The second-order valence-electron chi connectivity index (χ2n) is 5.21. The number of halogens is 1. The van der Waals surface area contributed by atoms with Gasteiger partial charge in [0, 0.05) is 23.3 Å². The highest BCUT2D eigenvalue weighted by Gasteiger charge is 2.23. The third-order valence-electron chi connectivity index (χ3n) is 3.47. The number of nitrogens with one attached hydrogen (secondary N) is 1. The summed E-state index contributed by atoms with van der Waals surface area (Å²) < 4.78 is 19.7. The Morgan fingerprint density at radius 1 is 1.31 bits per heavy atom. The molecule has 1 heterocycles. The van der Waals surface area contributed by atoms with Crippen molar-refractivity contribution in [3.63, 3.8) is 0 Å². The second-order valence-corrected chi connectivity index (χ2v) is 6.93. The summed E-state index contributed by atoms with van der Waals surface area (Å²) in [6.45, 7) is -0.0571. The third kappa shape index (κ3) is 4.06. The SMILES string of the molecule is O=C1NC(=S)S/C1=C\c1cc([N+](=O)[O-])ccc1OCc1ccccc1F. The standard InChI is InChI=1S/C17H11FN2O4S2/c18-13-4-2-1-3-10(13)9-24-14-6-5-12(20(22)23)7-11(14)8-15-16(21)19-17(25)26-15/h1-8H,9H2,(H,19,21,25)/b15-8-. The quantitative estimate of drug-likeness (QED) is 0.362. The van der Waals surface area contributed by atoms with Gasteiger partial charge in [-0.15, -0.1) is 0 Å². The van der Waals surface area contributed by atoms with Crippen molar-refractivity contribution in [3.05, 3.63) is 74.4 Å². The van der Waals surface area contributed by atoms with Gasteiger partial charge in [0.25, 0.3) is 11.6 Å². The molecule has 0 aromatic heterocycles. The molecule has 0 unspecified atom stereocenters. The summed E-state index contributed by atoms with van der Waals surface area (Å²) in [5.74, 6) is -0.505. The molecule has 0 saturated carbocycles. The maximum atomic E-state index is 13.7. The Morgan fingerprint density at radius 2 is 2.08 bits per heavy atom. The van der Waals surface area contributed by atoms with Crippen LogP contribution >= 0.6 is 24.0 Å². The van der Waals surface area contributed by atoms with Gasteiger partial charge >= 0.3 is 0 Å². The number of rotatable bonds is 5. The summed E-state index contributed by atoms with van der Waals surface area (Å²) in [4.78, 5) is 22.6. The Morgan fingerprint density at radius 3 is 2.73 bits per heavy atom. The maximum Gasteiger partial charge on any atom is 0.270 e. The summed E-state index contributed by atoms with van der Waals surface area (Å²) >= 11 is 5.98. The van der Waals surface area contributed by atoms with Crippen molar-refractivity contribution < 1.29 is 18.8 Å². The van der Waals surface area contributed by atoms with Crippen LogP contribution in [0.2, 0.25) is 0 Å². The zero-order valence-electron chi connectivity index (χ0n) is 13.1. The van der Waals surface area contributed by atoms with Crippen LogP contribution in [0.1, 0.15) is 11.1 Å². The maximum absolute atomic E-state index is 13.7. The normalized spacial score (nSPS) is 15.2. The van der Waals surface area contributed by atoms with Crippen LogP contribution in [0.3, 0.4) is 0 Å². The number of nitro groups is 1. The zero-order valence-corrected chi connectivity index (χ0v) is 14.7. The number of carbonyl (C=O) groups excluding carboxylic acids is 1. The van der Waals surface area contributed by atoms with Crippen molar-refractivity contribution in [2.75, 3.05) is 0 Å². The van der Waals surface area contributed by atoms with Crippen molar-refractivity contribution in [3.8, 4) is 5.75 Å². The van der Waals surface area contributed by atoms with Gasteiger partial charge in [0.05, 0.1) is 9.83 Å². The number of thioether (sulfide) groups is 1. The van der Waals surface area contributed by atoms with Crippen LogP contribution in [0.25, 0.3) is 6.08 Å². The fourth-order valence-electron chi connectivity index (χ4n) is 2.23. The minimum atomic E-state index is -0.546. The molecular formula is C17H11FN2O4S2. The van der Waals surface area contributed by atoms with Gasteiger partial charge in [-0.2, -0.15) is 0 Å². The topological polar surface area (TPSA) is 81.5 Å². The lowest BCUT2D eigenvalue weighted by Gasteiger charge is -2.10. The lowest BCUT2D eigenvalue weighted by molar-refractivity contribution is -0.384. The van der Waals surface area contributed by atoms with Gasteiger partial charge in [-0.1, -0.05) is 42.2 Å². The molecule has 1 saturated heterocycles. The molecular weight excluding hydrogens is 379 g/mol. The smallest absolute Gasteiger partial charge is 0.270 e. The Labute approximate surface area is 157 Å². The Kier molecular flexibility index (Phi) is 5.29. The number of nitro benzene ring substituents is 1. The van der Waals surface area contributed by atoms with Crippen LogP contribution < -0.4 is 10.1 Å². The third-order valence-corrected chi connectivity index (χ3v) is 4.64. The van der Waals surface area contributed by atoms with Crippen LogP contribution in [0.5, 0.6) is 5.75 Å². The lowest BCUT2D eigenvalue weighted by atomic mass is 10.1. The molecule has 1 aliphatic heterocycles. The molecule has 0 aliphatic carbocycles. The van der Waals surface area contributed by atoms with E-state index in [9.17, 15) is 19.3 Å². The number of non-ortho nitro benzene ring substituents is 1. The molecule has 2 aromatic rings. The van der Waals surface area contributed by atoms with E-state index in [1.54, 1.807) is 18.2 Å². The second kappa shape index (κ2) is 7.63. The van der Waals surface area contributed by atoms with Gasteiger partial charge < -0.3 is 10.1 Å². The molecule has 1 fully saturated rings. The molecule has 0 spiro atoms. The molecule has 132 valence electrons. The highest BCUT2D eigenvalue weighted by Crippen LogP contribution is 2.32. The average Bonchev–Trinajstić information content (AvgIpc) is 2.92. The van der Waals surface area contributed by atoms with E-state index in [0.29, 0.717) is 20.4 Å². The molecule has 0 radical (unpaired) electrons. The summed E-state index contributed by atoms with van der Waals surface area (Å²) in [5.41, 5.74) is 0.526. The minimum absolute atomic E-state index is 0.0571. The van der Waals surface area contributed by atoms with E-state index in [-0.39, 0.29) is 24.0 Å². The van der Waals surface area contributed by atoms with Crippen molar-refractivity contribution in [1.29, 1.82) is 0 Å². The van der Waals surface area contributed by atoms with Crippen molar-refractivity contribution in [1.82, 2.24) is 5.32 Å². The number of nitrogens with zero attached hydrogens (tertiary/aromatic N) is 1. The number of hydrogen-bond acceptors (Lipinski definition) is 6. The van der Waals surface area contributed by atoms with Gasteiger partial charge in [0.1, 0.15) is 22.5 Å². The number of hydrogen-bond donors (Lipinski definition) is 1. The van der Waals surface area contributed by atoms with Crippen molar-refractivity contribution >= 4 is 46.0 Å². The Hall–Kier alpha value is -2.78. The molecule has 0 atom stereocenters. The van der Waals surface area contributed by atoms with Crippen LogP contribution in [-0.4, -0.2) is 15.2 Å². The van der Waals surface area contributed by atoms with Crippen molar-refractivity contribution in [2.45, 2.75) is 6.61 Å². The van der Waals surface area contributed by atoms with Gasteiger partial charge in [-0.3, -0.25) is 14.9 Å². The minimum Gasteiger partial charge on any atom is -0.488 e. The molecule has 1 aliphatic rings.